The molecule has 5 rings (SSSR count). The molecular formula is C28H36N4OS. The molecule has 0 spiro atoms. The number of nitrogens with zero attached hydrogens (tertiary/aromatic N) is 4. The molecule has 2 aromatic carbocycles. The Morgan fingerprint density at radius 2 is 1.62 bits per heavy atom. The Bertz CT molecular complexity index is 1110. The number of aromatic nitrogens is 3. The molecule has 2 heterocycles. The fraction of sp³-hybridized carbons (Fsp3) is 0.500. The van der Waals surface area contributed by atoms with Gasteiger partial charge in [0.15, 0.2) is 5.82 Å². The third kappa shape index (κ3) is 5.44. The molecule has 1 saturated heterocycles. The second kappa shape index (κ2) is 10.9. The van der Waals surface area contributed by atoms with Gasteiger partial charge in [-0.1, -0.05) is 56.5 Å². The Labute approximate surface area is 208 Å². The normalized spacial score (nSPS) is 18.3. The quantitative estimate of drug-likeness (QED) is 0.355. The summed E-state index contributed by atoms with van der Waals surface area (Å²) < 4.78 is 10.9. The first kappa shape index (κ1) is 23.3. The number of para-hydroxylation sites is 1. The third-order valence-corrected chi connectivity index (χ3v) is 7.85. The third-order valence-electron chi connectivity index (χ3n) is 7.46. The maximum atomic E-state index is 6.21. The van der Waals surface area contributed by atoms with E-state index in [1.165, 1.54) is 50.5 Å². The second-order valence-electron chi connectivity index (χ2n) is 10.0. The van der Waals surface area contributed by atoms with E-state index in [1.807, 2.05) is 22.9 Å². The van der Waals surface area contributed by atoms with Crippen LogP contribution in [0.4, 0.5) is 0 Å². The highest BCUT2D eigenvalue weighted by Crippen LogP contribution is 2.33. The van der Waals surface area contributed by atoms with Crippen LogP contribution in [0.1, 0.15) is 69.2 Å². The Balaban J connectivity index is 1.33. The molecule has 0 atom stereocenters. The molecule has 34 heavy (non-hydrogen) atoms. The molecule has 0 bridgehead atoms. The van der Waals surface area contributed by atoms with Gasteiger partial charge in [0.05, 0.1) is 6.67 Å². The summed E-state index contributed by atoms with van der Waals surface area (Å²) in [6.07, 6.45) is 9.18. The molecular weight excluding hydrogens is 440 g/mol. The van der Waals surface area contributed by atoms with Crippen molar-refractivity contribution < 1.29 is 4.74 Å². The van der Waals surface area contributed by atoms with E-state index in [4.69, 9.17) is 22.1 Å². The summed E-state index contributed by atoms with van der Waals surface area (Å²) in [5, 5.41) is 4.91. The van der Waals surface area contributed by atoms with Gasteiger partial charge in [0.25, 0.3) is 0 Å². The van der Waals surface area contributed by atoms with Crippen molar-refractivity contribution in [3.8, 4) is 11.4 Å². The first-order chi connectivity index (χ1) is 16.7. The zero-order valence-electron chi connectivity index (χ0n) is 20.2. The standard InChI is InChI=1S/C28H36N4OS/c1-22-16-18-30(19-17-22)21-31-28(34)32(25-10-6-3-7-11-25)27(29-31)20-33-26-14-12-24(13-15-26)23-8-4-2-5-9-23/h3,6-7,10-15,22-23H,2,4-5,8-9,16-21H2,1H3. The van der Waals surface area contributed by atoms with E-state index in [1.54, 1.807) is 0 Å². The Kier molecular flexibility index (Phi) is 7.45. The monoisotopic (exact) mass is 476 g/mol. The molecule has 6 heteroatoms. The summed E-state index contributed by atoms with van der Waals surface area (Å²) in [6, 6.07) is 18.9. The average molecular weight is 477 g/mol. The van der Waals surface area contributed by atoms with E-state index in [9.17, 15) is 0 Å². The van der Waals surface area contributed by atoms with Crippen LogP contribution in [-0.4, -0.2) is 32.3 Å². The van der Waals surface area contributed by atoms with Crippen LogP contribution in [0.15, 0.2) is 54.6 Å². The highest BCUT2D eigenvalue weighted by atomic mass is 32.1. The van der Waals surface area contributed by atoms with Crippen LogP contribution in [0.5, 0.6) is 5.75 Å². The summed E-state index contributed by atoms with van der Waals surface area (Å²) in [7, 11) is 0. The largest absolute Gasteiger partial charge is 0.486 e. The molecule has 5 nitrogen and oxygen atoms in total. The van der Waals surface area contributed by atoms with Crippen LogP contribution >= 0.6 is 12.2 Å². The van der Waals surface area contributed by atoms with Gasteiger partial charge in [-0.15, -0.1) is 0 Å². The molecule has 1 aromatic heterocycles. The Morgan fingerprint density at radius 3 is 2.32 bits per heavy atom. The summed E-state index contributed by atoms with van der Waals surface area (Å²) in [6.45, 7) is 5.64. The van der Waals surface area contributed by atoms with Crippen LogP contribution in [0.2, 0.25) is 0 Å². The highest BCUT2D eigenvalue weighted by Gasteiger charge is 2.19. The van der Waals surface area contributed by atoms with E-state index in [0.29, 0.717) is 12.5 Å². The molecule has 0 unspecified atom stereocenters. The Hall–Kier alpha value is -2.44. The van der Waals surface area contributed by atoms with Crippen molar-refractivity contribution in [3.05, 3.63) is 70.8 Å². The molecule has 0 N–H and O–H groups in total. The van der Waals surface area contributed by atoms with Crippen molar-refractivity contribution in [2.75, 3.05) is 13.1 Å². The van der Waals surface area contributed by atoms with E-state index < -0.39 is 0 Å². The minimum atomic E-state index is 0.380. The lowest BCUT2D eigenvalue weighted by Gasteiger charge is -2.29. The average Bonchev–Trinajstić information content (AvgIpc) is 3.20. The predicted molar refractivity (Wildman–Crippen MR) is 139 cm³/mol. The fourth-order valence-corrected chi connectivity index (χ4v) is 5.60. The number of ether oxygens (including phenoxy) is 1. The van der Waals surface area contributed by atoms with Crippen LogP contribution in [0, 0.1) is 10.7 Å². The molecule has 3 aromatic rings. The van der Waals surface area contributed by atoms with Gasteiger partial charge in [0.2, 0.25) is 4.77 Å². The van der Waals surface area contributed by atoms with Crippen LogP contribution in [0.25, 0.3) is 5.69 Å². The van der Waals surface area contributed by atoms with Crippen molar-refractivity contribution in [2.45, 2.75) is 71.1 Å². The number of rotatable bonds is 7. The van der Waals surface area contributed by atoms with Crippen molar-refractivity contribution >= 4 is 12.2 Å². The number of piperidine rings is 1. The molecule has 0 radical (unpaired) electrons. The van der Waals surface area contributed by atoms with Crippen LogP contribution < -0.4 is 4.74 Å². The summed E-state index contributed by atoms with van der Waals surface area (Å²) in [4.78, 5) is 2.45. The lowest BCUT2D eigenvalue weighted by molar-refractivity contribution is 0.145. The number of likely N-dealkylation sites (tertiary alicyclic amines) is 1. The lowest BCUT2D eigenvalue weighted by Crippen LogP contribution is -2.34. The minimum absolute atomic E-state index is 0.380. The summed E-state index contributed by atoms with van der Waals surface area (Å²) in [5.74, 6) is 3.22. The molecule has 1 saturated carbocycles. The zero-order chi connectivity index (χ0) is 23.3. The molecule has 2 aliphatic rings. The molecule has 1 aliphatic carbocycles. The van der Waals surface area contributed by atoms with Gasteiger partial charge in [0, 0.05) is 18.8 Å². The molecule has 180 valence electrons. The summed E-state index contributed by atoms with van der Waals surface area (Å²) in [5.41, 5.74) is 2.47. The maximum absolute atomic E-state index is 6.21. The predicted octanol–water partition coefficient (Wildman–Crippen LogP) is 6.72. The van der Waals surface area contributed by atoms with E-state index in [0.717, 1.165) is 47.7 Å². The topological polar surface area (TPSA) is 35.2 Å². The highest BCUT2D eigenvalue weighted by molar-refractivity contribution is 7.71. The zero-order valence-corrected chi connectivity index (χ0v) is 21.1. The van der Waals surface area contributed by atoms with Gasteiger partial charge in [-0.25, -0.2) is 4.68 Å². The van der Waals surface area contributed by atoms with Crippen molar-refractivity contribution in [1.29, 1.82) is 0 Å². The van der Waals surface area contributed by atoms with Crippen LogP contribution in [-0.2, 0) is 13.3 Å². The van der Waals surface area contributed by atoms with E-state index >= 15 is 0 Å². The van der Waals surface area contributed by atoms with Crippen LogP contribution in [0.3, 0.4) is 0 Å². The summed E-state index contributed by atoms with van der Waals surface area (Å²) >= 11 is 5.89. The van der Waals surface area contributed by atoms with E-state index in [2.05, 4.69) is 52.8 Å². The number of benzene rings is 2. The van der Waals surface area contributed by atoms with Gasteiger partial charge in [0.1, 0.15) is 12.4 Å². The smallest absolute Gasteiger partial charge is 0.203 e. The fourth-order valence-electron chi connectivity index (χ4n) is 5.29. The number of hydrogen-bond acceptors (Lipinski definition) is 4. The van der Waals surface area contributed by atoms with Gasteiger partial charge >= 0.3 is 0 Å². The van der Waals surface area contributed by atoms with Crippen molar-refractivity contribution in [3.63, 3.8) is 0 Å². The first-order valence-electron chi connectivity index (χ1n) is 12.9. The van der Waals surface area contributed by atoms with E-state index in [-0.39, 0.29) is 0 Å². The minimum Gasteiger partial charge on any atom is -0.486 e. The second-order valence-corrected chi connectivity index (χ2v) is 10.4. The first-order valence-corrected chi connectivity index (χ1v) is 13.3. The van der Waals surface area contributed by atoms with Crippen molar-refractivity contribution in [1.82, 2.24) is 19.2 Å². The molecule has 0 amide bonds. The Morgan fingerprint density at radius 1 is 0.912 bits per heavy atom. The van der Waals surface area contributed by atoms with Gasteiger partial charge in [-0.2, -0.15) is 5.10 Å². The van der Waals surface area contributed by atoms with Gasteiger partial charge < -0.3 is 4.74 Å². The van der Waals surface area contributed by atoms with Crippen molar-refractivity contribution in [2.24, 2.45) is 5.92 Å². The van der Waals surface area contributed by atoms with Gasteiger partial charge in [-0.05, 0) is 79.6 Å². The SMILES string of the molecule is CC1CCN(Cn2nc(COc3ccc(C4CCCCC4)cc3)n(-c3ccccc3)c2=S)CC1. The molecule has 1 aliphatic heterocycles. The maximum Gasteiger partial charge on any atom is 0.203 e. The number of hydrogen-bond donors (Lipinski definition) is 0. The molecule has 2 fully saturated rings. The van der Waals surface area contributed by atoms with Gasteiger partial charge in [-0.3, -0.25) is 9.47 Å². The lowest BCUT2D eigenvalue weighted by atomic mass is 9.84.